The Balaban J connectivity index is 2.12. The summed E-state index contributed by atoms with van der Waals surface area (Å²) in [7, 11) is 0. The van der Waals surface area contributed by atoms with Crippen molar-refractivity contribution in [3.05, 3.63) is 35.6 Å². The van der Waals surface area contributed by atoms with Crippen molar-refractivity contribution >= 4 is 0 Å². The van der Waals surface area contributed by atoms with Crippen LogP contribution in [-0.4, -0.2) is 30.6 Å². The Kier molecular flexibility index (Phi) is 6.65. The molecule has 1 aromatic carbocycles. The smallest absolute Gasteiger partial charge is 0.128 e. The molecular formula is C18H29FN2. The molecule has 0 spiro atoms. The van der Waals surface area contributed by atoms with Crippen LogP contribution in [0, 0.1) is 5.82 Å². The lowest BCUT2D eigenvalue weighted by Gasteiger charge is -2.33. The summed E-state index contributed by atoms with van der Waals surface area (Å²) in [6, 6.07) is 7.93. The molecule has 0 aromatic heterocycles. The molecule has 1 saturated heterocycles. The van der Waals surface area contributed by atoms with Gasteiger partial charge in [0.1, 0.15) is 5.82 Å². The largest absolute Gasteiger partial charge is 0.309 e. The van der Waals surface area contributed by atoms with E-state index in [1.165, 1.54) is 32.1 Å². The maximum atomic E-state index is 14.1. The number of halogens is 1. The molecule has 0 amide bonds. The quantitative estimate of drug-likeness (QED) is 0.848. The number of hydrogen-bond donors (Lipinski definition) is 1. The molecule has 2 unspecified atom stereocenters. The van der Waals surface area contributed by atoms with Gasteiger partial charge in [0, 0.05) is 24.2 Å². The number of benzene rings is 1. The van der Waals surface area contributed by atoms with E-state index in [4.69, 9.17) is 0 Å². The number of nitrogens with one attached hydrogen (secondary N) is 1. The minimum atomic E-state index is -0.0914. The SMILES string of the molecule is CCNC(CN1CCCCCC1CC)c1ccccc1F. The molecule has 0 bridgehead atoms. The van der Waals surface area contributed by atoms with Crippen molar-refractivity contribution in [2.75, 3.05) is 19.6 Å². The third kappa shape index (κ3) is 4.52. The molecule has 118 valence electrons. The van der Waals surface area contributed by atoms with Crippen LogP contribution in [0.1, 0.15) is 57.6 Å². The van der Waals surface area contributed by atoms with Crippen molar-refractivity contribution in [2.24, 2.45) is 0 Å². The minimum Gasteiger partial charge on any atom is -0.309 e. The van der Waals surface area contributed by atoms with Crippen molar-refractivity contribution in [2.45, 2.75) is 58.0 Å². The van der Waals surface area contributed by atoms with Gasteiger partial charge in [-0.3, -0.25) is 4.90 Å². The van der Waals surface area contributed by atoms with E-state index in [1.54, 1.807) is 12.1 Å². The van der Waals surface area contributed by atoms with Gasteiger partial charge in [0.2, 0.25) is 0 Å². The van der Waals surface area contributed by atoms with Crippen molar-refractivity contribution < 1.29 is 4.39 Å². The number of likely N-dealkylation sites (tertiary alicyclic amines) is 1. The van der Waals surface area contributed by atoms with Crippen LogP contribution in [0.4, 0.5) is 4.39 Å². The van der Waals surface area contributed by atoms with E-state index in [-0.39, 0.29) is 11.9 Å². The molecule has 2 rings (SSSR count). The topological polar surface area (TPSA) is 15.3 Å². The van der Waals surface area contributed by atoms with E-state index >= 15 is 0 Å². The molecule has 1 heterocycles. The van der Waals surface area contributed by atoms with Gasteiger partial charge in [-0.15, -0.1) is 0 Å². The monoisotopic (exact) mass is 292 g/mol. The molecular weight excluding hydrogens is 263 g/mol. The Morgan fingerprint density at radius 3 is 2.76 bits per heavy atom. The van der Waals surface area contributed by atoms with Crippen LogP contribution in [0.25, 0.3) is 0 Å². The van der Waals surface area contributed by atoms with Crippen LogP contribution >= 0.6 is 0 Å². The van der Waals surface area contributed by atoms with Gasteiger partial charge in [0.15, 0.2) is 0 Å². The lowest BCUT2D eigenvalue weighted by Crippen LogP contribution is -2.41. The Morgan fingerprint density at radius 2 is 2.05 bits per heavy atom. The normalized spacial score (nSPS) is 22.0. The number of hydrogen-bond acceptors (Lipinski definition) is 2. The molecule has 1 fully saturated rings. The summed E-state index contributed by atoms with van der Waals surface area (Å²) in [5.74, 6) is -0.0914. The summed E-state index contributed by atoms with van der Waals surface area (Å²) in [5.41, 5.74) is 0.804. The highest BCUT2D eigenvalue weighted by Gasteiger charge is 2.24. The van der Waals surface area contributed by atoms with Gasteiger partial charge in [-0.05, 0) is 38.4 Å². The van der Waals surface area contributed by atoms with Crippen molar-refractivity contribution in [1.82, 2.24) is 10.2 Å². The summed E-state index contributed by atoms with van der Waals surface area (Å²) >= 11 is 0. The predicted molar refractivity (Wildman–Crippen MR) is 86.9 cm³/mol. The van der Waals surface area contributed by atoms with Gasteiger partial charge in [-0.2, -0.15) is 0 Å². The highest BCUT2D eigenvalue weighted by atomic mass is 19.1. The summed E-state index contributed by atoms with van der Waals surface area (Å²) in [6.07, 6.45) is 6.41. The molecule has 0 saturated carbocycles. The molecule has 3 heteroatoms. The lowest BCUT2D eigenvalue weighted by molar-refractivity contribution is 0.173. The molecule has 0 radical (unpaired) electrons. The van der Waals surface area contributed by atoms with Crippen LogP contribution in [0.2, 0.25) is 0 Å². The standard InChI is InChI=1S/C18H29FN2/c1-3-15-10-6-5-9-13-21(15)14-18(20-4-2)16-11-7-8-12-17(16)19/h7-8,11-12,15,18,20H,3-6,9-10,13-14H2,1-2H3. The maximum Gasteiger partial charge on any atom is 0.128 e. The van der Waals surface area contributed by atoms with E-state index in [2.05, 4.69) is 24.1 Å². The molecule has 2 atom stereocenters. The summed E-state index contributed by atoms with van der Waals surface area (Å²) in [6.45, 7) is 7.29. The van der Waals surface area contributed by atoms with Crippen LogP contribution in [0.15, 0.2) is 24.3 Å². The van der Waals surface area contributed by atoms with E-state index in [9.17, 15) is 4.39 Å². The summed E-state index contributed by atoms with van der Waals surface area (Å²) in [4.78, 5) is 2.58. The second-order valence-electron chi connectivity index (χ2n) is 6.04. The van der Waals surface area contributed by atoms with E-state index < -0.39 is 0 Å². The molecule has 2 nitrogen and oxygen atoms in total. The first-order chi connectivity index (χ1) is 10.3. The Hall–Kier alpha value is -0.930. The average Bonchev–Trinajstić information content (AvgIpc) is 2.72. The van der Waals surface area contributed by atoms with Gasteiger partial charge in [-0.25, -0.2) is 4.39 Å². The molecule has 21 heavy (non-hydrogen) atoms. The molecule has 0 aliphatic carbocycles. The second kappa shape index (κ2) is 8.50. The van der Waals surface area contributed by atoms with Gasteiger partial charge in [0.05, 0.1) is 0 Å². The fourth-order valence-corrected chi connectivity index (χ4v) is 3.45. The van der Waals surface area contributed by atoms with Crippen molar-refractivity contribution in [3.63, 3.8) is 0 Å². The Labute approximate surface area is 128 Å². The van der Waals surface area contributed by atoms with Crippen molar-refractivity contribution in [3.8, 4) is 0 Å². The summed E-state index contributed by atoms with van der Waals surface area (Å²) < 4.78 is 14.1. The van der Waals surface area contributed by atoms with Crippen molar-refractivity contribution in [1.29, 1.82) is 0 Å². The first kappa shape index (κ1) is 16.4. The number of likely N-dealkylation sites (N-methyl/N-ethyl adjacent to an activating group) is 1. The third-order valence-corrected chi connectivity index (χ3v) is 4.62. The zero-order valence-corrected chi connectivity index (χ0v) is 13.4. The van der Waals surface area contributed by atoms with E-state index in [1.807, 2.05) is 12.1 Å². The van der Waals surface area contributed by atoms with Gasteiger partial charge < -0.3 is 5.32 Å². The third-order valence-electron chi connectivity index (χ3n) is 4.62. The maximum absolute atomic E-state index is 14.1. The lowest BCUT2D eigenvalue weighted by atomic mass is 10.0. The zero-order valence-electron chi connectivity index (χ0n) is 13.4. The average molecular weight is 292 g/mol. The first-order valence-electron chi connectivity index (χ1n) is 8.48. The van der Waals surface area contributed by atoms with Gasteiger partial charge in [0.25, 0.3) is 0 Å². The number of rotatable bonds is 6. The molecule has 1 aromatic rings. The Morgan fingerprint density at radius 1 is 1.24 bits per heavy atom. The predicted octanol–water partition coefficient (Wildman–Crippen LogP) is 4.13. The molecule has 1 aliphatic rings. The summed E-state index contributed by atoms with van der Waals surface area (Å²) in [5, 5.41) is 3.47. The second-order valence-corrected chi connectivity index (χ2v) is 6.04. The molecule has 1 aliphatic heterocycles. The zero-order chi connectivity index (χ0) is 15.1. The highest BCUT2D eigenvalue weighted by molar-refractivity contribution is 5.21. The van der Waals surface area contributed by atoms with Crippen LogP contribution in [0.5, 0.6) is 0 Å². The van der Waals surface area contributed by atoms with E-state index in [0.29, 0.717) is 6.04 Å². The fraction of sp³-hybridized carbons (Fsp3) is 0.667. The van der Waals surface area contributed by atoms with Crippen LogP contribution < -0.4 is 5.32 Å². The highest BCUT2D eigenvalue weighted by Crippen LogP contribution is 2.24. The van der Waals surface area contributed by atoms with Gasteiger partial charge in [-0.1, -0.05) is 44.9 Å². The Bertz CT molecular complexity index is 421. The number of nitrogens with zero attached hydrogens (tertiary/aromatic N) is 1. The van der Waals surface area contributed by atoms with Crippen LogP contribution in [-0.2, 0) is 0 Å². The van der Waals surface area contributed by atoms with E-state index in [0.717, 1.165) is 25.2 Å². The minimum absolute atomic E-state index is 0.0864. The molecule has 1 N–H and O–H groups in total. The first-order valence-corrected chi connectivity index (χ1v) is 8.48. The fourth-order valence-electron chi connectivity index (χ4n) is 3.45. The van der Waals surface area contributed by atoms with Gasteiger partial charge >= 0.3 is 0 Å². The van der Waals surface area contributed by atoms with Crippen LogP contribution in [0.3, 0.4) is 0 Å².